The first-order valence-corrected chi connectivity index (χ1v) is 27.0. The maximum atomic E-state index is 14.4. The van der Waals surface area contributed by atoms with Gasteiger partial charge in [0.15, 0.2) is 0 Å². The molecule has 76 heavy (non-hydrogen) atoms. The van der Waals surface area contributed by atoms with E-state index in [9.17, 15) is 24.6 Å². The van der Waals surface area contributed by atoms with E-state index in [1.54, 1.807) is 23.1 Å². The van der Waals surface area contributed by atoms with Crippen molar-refractivity contribution in [2.75, 3.05) is 57.3 Å². The standard InChI is InChI=1S/C61H66N8O7/c1-3-4-12-41-32-50-55(51-33-42-14-7-8-28-68-29-11-18-48(57(42)68)59(51)76-58(50)47-17-10-25-64-56(41)47)49-34-43(21-22-46(49)61(73)74)60(72)65-27-30-69(36-39-20-23-52(66-67-62)38(2)31-39)54(71)24-26-63-35-44(70)37-75-53-19-9-15-40-13-5-6-16-45(40)53/h5-6,9,13,15-16,19-23,31-34,44,63,70H,3-4,7-8,10-12,14,17-18,24-30,35-37H2,1-2H3,(H,65,72)(H,73,74)/t44-/m0/s1. The first kappa shape index (κ1) is 51.8. The van der Waals surface area contributed by atoms with Crippen molar-refractivity contribution in [2.24, 2.45) is 10.1 Å². The first-order valence-electron chi connectivity index (χ1n) is 27.0. The summed E-state index contributed by atoms with van der Waals surface area (Å²) < 4.78 is 13.2. The molecule has 0 spiro atoms. The van der Waals surface area contributed by atoms with Crippen LogP contribution in [0.5, 0.6) is 17.2 Å². The number of rotatable bonds is 20. The number of azide groups is 1. The van der Waals surface area contributed by atoms with E-state index in [1.807, 2.05) is 61.5 Å². The summed E-state index contributed by atoms with van der Waals surface area (Å²) in [6.45, 7) is 7.81. The number of unbranched alkanes of at least 4 members (excludes halogenated alkanes) is 1. The van der Waals surface area contributed by atoms with Crippen molar-refractivity contribution in [2.45, 2.75) is 97.1 Å². The van der Waals surface area contributed by atoms with E-state index in [4.69, 9.17) is 20.0 Å². The average Bonchev–Trinajstić information content (AvgIpc) is 3.66. The fourth-order valence-electron chi connectivity index (χ4n) is 11.5. The summed E-state index contributed by atoms with van der Waals surface area (Å²) >= 11 is 0. The Morgan fingerprint density at radius 3 is 2.61 bits per heavy atom. The van der Waals surface area contributed by atoms with Gasteiger partial charge in [0.25, 0.3) is 5.91 Å². The third kappa shape index (κ3) is 11.0. The summed E-state index contributed by atoms with van der Waals surface area (Å²) in [7, 11) is 0. The molecule has 10 rings (SSSR count). The number of carbonyl (C=O) groups excluding carboxylic acids is 2. The predicted molar refractivity (Wildman–Crippen MR) is 295 cm³/mol. The second kappa shape index (κ2) is 23.5. The number of fused-ring (bicyclic) bond motifs is 6. The number of hydrogen-bond acceptors (Lipinski definition) is 10. The van der Waals surface area contributed by atoms with Gasteiger partial charge >= 0.3 is 5.97 Å². The molecule has 4 aliphatic rings. The lowest BCUT2D eigenvalue weighted by Crippen LogP contribution is -2.40. The summed E-state index contributed by atoms with van der Waals surface area (Å²) in [5.41, 5.74) is 19.4. The van der Waals surface area contributed by atoms with Gasteiger partial charge in [-0.15, -0.1) is 0 Å². The van der Waals surface area contributed by atoms with Crippen LogP contribution >= 0.6 is 0 Å². The smallest absolute Gasteiger partial charge is 0.336 e. The van der Waals surface area contributed by atoms with Crippen LogP contribution in [0, 0.1) is 6.92 Å². The number of nitrogens with one attached hydrogen (secondary N) is 2. The van der Waals surface area contributed by atoms with Crippen molar-refractivity contribution in [1.82, 2.24) is 15.5 Å². The van der Waals surface area contributed by atoms with Gasteiger partial charge in [0.1, 0.15) is 30.0 Å². The minimum atomic E-state index is -1.10. The van der Waals surface area contributed by atoms with Gasteiger partial charge in [0, 0.05) is 113 Å². The Balaban J connectivity index is 0.918. The Kier molecular flexibility index (Phi) is 16.0. The molecule has 4 heterocycles. The number of hydrogen-bond donors (Lipinski definition) is 4. The lowest BCUT2D eigenvalue weighted by atomic mass is 9.82. The molecule has 15 nitrogen and oxygen atoms in total. The topological polar surface area (TPSA) is 202 Å². The molecule has 6 aromatic rings. The van der Waals surface area contributed by atoms with Gasteiger partial charge in [0.05, 0.1) is 10.9 Å². The minimum absolute atomic E-state index is 0.0702. The molecule has 0 unspecified atom stereocenters. The van der Waals surface area contributed by atoms with Gasteiger partial charge in [-0.1, -0.05) is 73.1 Å². The number of aryl methyl sites for hydroxylation is 3. The zero-order valence-corrected chi connectivity index (χ0v) is 43.5. The second-order valence-electron chi connectivity index (χ2n) is 20.4. The number of anilines is 1. The average molecular weight is 1020 g/mol. The summed E-state index contributed by atoms with van der Waals surface area (Å²) in [4.78, 5) is 54.1. The quantitative estimate of drug-likeness (QED) is 0.0248. The van der Waals surface area contributed by atoms with E-state index in [-0.39, 0.29) is 62.8 Å². The molecule has 2 amide bonds. The van der Waals surface area contributed by atoms with E-state index < -0.39 is 18.0 Å². The normalized spacial score (nSPS) is 14.6. The SMILES string of the molecule is CCCCc1cc2c(c3c1=NCCC3)Oc1c(cc3c4c1CCCN4CCCC3)C=2c1cc(C(=O)NCCN(Cc2ccc(N=[N+]=[N-])c(C)c2)C(=O)CCNC[C@H](O)COc2cccc3ccccc23)ccc1C(=O)O. The fraction of sp³-hybridized carbons (Fsp3) is 0.377. The number of aromatic carboxylic acids is 1. The molecule has 0 aromatic heterocycles. The highest BCUT2D eigenvalue weighted by Gasteiger charge is 2.35. The lowest BCUT2D eigenvalue weighted by molar-refractivity contribution is -0.131. The molecule has 6 aromatic carbocycles. The molecule has 0 fully saturated rings. The summed E-state index contributed by atoms with van der Waals surface area (Å²) in [6.07, 6.45) is 8.70. The van der Waals surface area contributed by atoms with Gasteiger partial charge in [0.2, 0.25) is 5.91 Å². The zero-order chi connectivity index (χ0) is 52.7. The lowest BCUT2D eigenvalue weighted by Gasteiger charge is -2.36. The van der Waals surface area contributed by atoms with Crippen LogP contribution in [0.1, 0.15) is 117 Å². The maximum Gasteiger partial charge on any atom is 0.336 e. The van der Waals surface area contributed by atoms with Crippen LogP contribution in [0.3, 0.4) is 0 Å². The Morgan fingerprint density at radius 1 is 0.921 bits per heavy atom. The summed E-state index contributed by atoms with van der Waals surface area (Å²) in [5.74, 6) is 0.521. The highest BCUT2D eigenvalue weighted by Crippen LogP contribution is 2.48. The molecule has 15 heteroatoms. The zero-order valence-electron chi connectivity index (χ0n) is 43.5. The highest BCUT2D eigenvalue weighted by molar-refractivity contribution is 6.03. The minimum Gasteiger partial charge on any atom is -0.490 e. The van der Waals surface area contributed by atoms with Crippen LogP contribution in [0.25, 0.3) is 26.8 Å². The Bertz CT molecular complexity index is 3400. The van der Waals surface area contributed by atoms with Crippen LogP contribution in [-0.4, -0.2) is 91.4 Å². The van der Waals surface area contributed by atoms with E-state index in [2.05, 4.69) is 44.6 Å². The number of amides is 2. The third-order valence-corrected chi connectivity index (χ3v) is 15.2. The summed E-state index contributed by atoms with van der Waals surface area (Å²) in [6, 6.07) is 28.3. The molecule has 0 radical (unpaired) electrons. The molecule has 0 saturated carbocycles. The van der Waals surface area contributed by atoms with Gasteiger partial charge in [-0.25, -0.2) is 4.79 Å². The Morgan fingerprint density at radius 2 is 1.76 bits per heavy atom. The van der Waals surface area contributed by atoms with Crippen molar-refractivity contribution in [3.63, 3.8) is 0 Å². The third-order valence-electron chi connectivity index (χ3n) is 15.2. The van der Waals surface area contributed by atoms with Gasteiger partial charge in [-0.2, -0.15) is 0 Å². The number of carbonyl (C=O) groups is 3. The van der Waals surface area contributed by atoms with E-state index >= 15 is 0 Å². The monoisotopic (exact) mass is 1020 g/mol. The number of benzene rings is 6. The number of carboxylic acids is 1. The Hall–Kier alpha value is -7.71. The maximum absolute atomic E-state index is 14.4. The molecule has 0 saturated heterocycles. The number of aliphatic hydroxyl groups excluding tert-OH is 1. The highest BCUT2D eigenvalue weighted by atomic mass is 16.5. The van der Waals surface area contributed by atoms with Crippen LogP contribution in [0.15, 0.2) is 101 Å². The van der Waals surface area contributed by atoms with Crippen LogP contribution in [-0.2, 0) is 37.0 Å². The predicted octanol–water partition coefficient (Wildman–Crippen LogP) is 9.32. The molecular weight excluding hydrogens is 957 g/mol. The first-order chi connectivity index (χ1) is 37.1. The fourth-order valence-corrected chi connectivity index (χ4v) is 11.5. The Labute approximate surface area is 442 Å². The largest absolute Gasteiger partial charge is 0.490 e. The summed E-state index contributed by atoms with van der Waals surface area (Å²) in [5, 5.41) is 35.6. The van der Waals surface area contributed by atoms with Crippen LogP contribution in [0.4, 0.5) is 11.4 Å². The van der Waals surface area contributed by atoms with Crippen molar-refractivity contribution in [1.29, 1.82) is 0 Å². The van der Waals surface area contributed by atoms with Gasteiger partial charge in [-0.3, -0.25) is 14.6 Å². The molecule has 4 N–H and O–H groups in total. The number of carboxylic acid groups (broad SMARTS) is 1. The van der Waals surface area contributed by atoms with E-state index in [0.717, 1.165) is 150 Å². The van der Waals surface area contributed by atoms with Gasteiger partial charge < -0.3 is 40.1 Å². The van der Waals surface area contributed by atoms with Gasteiger partial charge in [-0.05, 0) is 140 Å². The van der Waals surface area contributed by atoms with Crippen LogP contribution in [0.2, 0.25) is 0 Å². The number of aliphatic hydroxyl groups is 1. The van der Waals surface area contributed by atoms with Crippen molar-refractivity contribution in [3.05, 3.63) is 168 Å². The number of nitrogens with zero attached hydrogens (tertiary/aromatic N) is 6. The molecule has 0 aliphatic carbocycles. The molecule has 0 bridgehead atoms. The van der Waals surface area contributed by atoms with Crippen LogP contribution < -0.4 is 35.6 Å². The van der Waals surface area contributed by atoms with Crippen molar-refractivity contribution < 1.29 is 34.1 Å². The van der Waals surface area contributed by atoms with E-state index in [1.165, 1.54) is 22.9 Å². The number of ether oxygens (including phenoxy) is 2. The molecule has 4 aliphatic heterocycles. The molecular formula is C61H66N8O7. The molecule has 392 valence electrons. The van der Waals surface area contributed by atoms with Crippen molar-refractivity contribution >= 4 is 45.5 Å². The van der Waals surface area contributed by atoms with Crippen molar-refractivity contribution in [3.8, 4) is 17.2 Å². The molecule has 1 atom stereocenters. The van der Waals surface area contributed by atoms with E-state index in [0.29, 0.717) is 17.0 Å². The second-order valence-corrected chi connectivity index (χ2v) is 20.4.